The smallest absolute Gasteiger partial charge is 0.240 e. The SMILES string of the molecule is Cc1ccc(N2CCC(NCc3nc(Cc4ccccc4)no3)CC2)cc1. The van der Waals surface area contributed by atoms with Crippen molar-refractivity contribution in [1.29, 1.82) is 0 Å². The van der Waals surface area contributed by atoms with Gasteiger partial charge in [0.1, 0.15) is 0 Å². The molecule has 1 aliphatic rings. The maximum Gasteiger partial charge on any atom is 0.240 e. The topological polar surface area (TPSA) is 54.2 Å². The Hall–Kier alpha value is -2.66. The van der Waals surface area contributed by atoms with Gasteiger partial charge in [-0.2, -0.15) is 4.98 Å². The summed E-state index contributed by atoms with van der Waals surface area (Å²) in [5.74, 6) is 1.41. The normalized spacial score (nSPS) is 15.2. The quantitative estimate of drug-likeness (QED) is 0.724. The Morgan fingerprint density at radius 3 is 2.52 bits per heavy atom. The maximum absolute atomic E-state index is 5.40. The highest BCUT2D eigenvalue weighted by Crippen LogP contribution is 2.20. The van der Waals surface area contributed by atoms with Gasteiger partial charge >= 0.3 is 0 Å². The van der Waals surface area contributed by atoms with Crippen molar-refractivity contribution in [2.45, 2.75) is 38.8 Å². The number of piperidine rings is 1. The van der Waals surface area contributed by atoms with Crippen LogP contribution >= 0.6 is 0 Å². The van der Waals surface area contributed by atoms with E-state index in [1.54, 1.807) is 0 Å². The molecule has 0 atom stereocenters. The Kier molecular flexibility index (Phi) is 5.49. The predicted octanol–water partition coefficient (Wildman–Crippen LogP) is 3.73. The van der Waals surface area contributed by atoms with Crippen LogP contribution < -0.4 is 10.2 Å². The summed E-state index contributed by atoms with van der Waals surface area (Å²) in [6, 6.07) is 19.5. The highest BCUT2D eigenvalue weighted by Gasteiger charge is 2.19. The molecule has 1 aromatic heterocycles. The van der Waals surface area contributed by atoms with Gasteiger partial charge in [0.25, 0.3) is 0 Å². The molecule has 5 heteroatoms. The molecule has 0 saturated carbocycles. The lowest BCUT2D eigenvalue weighted by Crippen LogP contribution is -2.42. The standard InChI is InChI=1S/C22H26N4O/c1-17-7-9-20(10-8-17)26-13-11-19(12-14-26)23-16-22-24-21(25-27-22)15-18-5-3-2-4-6-18/h2-10,19,23H,11-16H2,1H3. The van der Waals surface area contributed by atoms with Crippen LogP contribution in [0.4, 0.5) is 5.69 Å². The molecule has 2 heterocycles. The van der Waals surface area contributed by atoms with E-state index in [1.807, 2.05) is 18.2 Å². The van der Waals surface area contributed by atoms with Crippen LogP contribution in [-0.2, 0) is 13.0 Å². The summed E-state index contributed by atoms with van der Waals surface area (Å²) in [4.78, 5) is 6.97. The molecule has 0 unspecified atom stereocenters. The molecule has 0 spiro atoms. The number of nitrogens with zero attached hydrogens (tertiary/aromatic N) is 3. The molecule has 1 aliphatic heterocycles. The number of anilines is 1. The zero-order chi connectivity index (χ0) is 18.5. The largest absolute Gasteiger partial charge is 0.371 e. The summed E-state index contributed by atoms with van der Waals surface area (Å²) in [6.07, 6.45) is 2.96. The molecule has 0 amide bonds. The molecule has 1 saturated heterocycles. The fraction of sp³-hybridized carbons (Fsp3) is 0.364. The number of rotatable bonds is 6. The van der Waals surface area contributed by atoms with Crippen LogP contribution in [-0.4, -0.2) is 29.3 Å². The average Bonchev–Trinajstić information content (AvgIpc) is 3.16. The molecule has 0 radical (unpaired) electrons. The molecule has 3 aromatic rings. The lowest BCUT2D eigenvalue weighted by Gasteiger charge is -2.34. The number of hydrogen-bond donors (Lipinski definition) is 1. The second kappa shape index (κ2) is 8.35. The molecule has 4 rings (SSSR count). The Balaban J connectivity index is 1.24. The summed E-state index contributed by atoms with van der Waals surface area (Å²) >= 11 is 0. The van der Waals surface area contributed by atoms with Gasteiger partial charge < -0.3 is 14.7 Å². The minimum absolute atomic E-state index is 0.496. The van der Waals surface area contributed by atoms with Crippen molar-refractivity contribution in [2.24, 2.45) is 0 Å². The molecule has 2 aromatic carbocycles. The first-order valence-electron chi connectivity index (χ1n) is 9.67. The Morgan fingerprint density at radius 1 is 1.04 bits per heavy atom. The van der Waals surface area contributed by atoms with Crippen molar-refractivity contribution in [2.75, 3.05) is 18.0 Å². The van der Waals surface area contributed by atoms with Crippen molar-refractivity contribution < 1.29 is 4.52 Å². The zero-order valence-corrected chi connectivity index (χ0v) is 15.8. The van der Waals surface area contributed by atoms with Gasteiger partial charge in [0.05, 0.1) is 6.54 Å². The number of benzene rings is 2. The number of hydrogen-bond acceptors (Lipinski definition) is 5. The first-order valence-corrected chi connectivity index (χ1v) is 9.67. The molecule has 1 fully saturated rings. The summed E-state index contributed by atoms with van der Waals surface area (Å²) in [6.45, 7) is 4.91. The number of nitrogens with one attached hydrogen (secondary N) is 1. The summed E-state index contributed by atoms with van der Waals surface area (Å²) < 4.78 is 5.40. The van der Waals surface area contributed by atoms with Gasteiger partial charge in [-0.15, -0.1) is 0 Å². The van der Waals surface area contributed by atoms with E-state index < -0.39 is 0 Å². The molecule has 140 valence electrons. The number of aryl methyl sites for hydroxylation is 1. The first-order chi connectivity index (χ1) is 13.3. The second-order valence-electron chi connectivity index (χ2n) is 7.24. The van der Waals surface area contributed by atoms with Crippen molar-refractivity contribution in [1.82, 2.24) is 15.5 Å². The average molecular weight is 362 g/mol. The van der Waals surface area contributed by atoms with Crippen molar-refractivity contribution in [3.05, 3.63) is 77.4 Å². The summed E-state index contributed by atoms with van der Waals surface area (Å²) in [5, 5.41) is 7.67. The molecule has 27 heavy (non-hydrogen) atoms. The van der Waals surface area contributed by atoms with E-state index in [2.05, 4.69) is 63.7 Å². The minimum Gasteiger partial charge on any atom is -0.371 e. The minimum atomic E-state index is 0.496. The molecule has 5 nitrogen and oxygen atoms in total. The van der Waals surface area contributed by atoms with E-state index in [-0.39, 0.29) is 0 Å². The van der Waals surface area contributed by atoms with Gasteiger partial charge in [0.15, 0.2) is 5.82 Å². The molecular formula is C22H26N4O. The zero-order valence-electron chi connectivity index (χ0n) is 15.8. The third-order valence-electron chi connectivity index (χ3n) is 5.15. The van der Waals surface area contributed by atoms with Crippen LogP contribution in [0.2, 0.25) is 0 Å². The van der Waals surface area contributed by atoms with Crippen LogP contribution in [0.5, 0.6) is 0 Å². The van der Waals surface area contributed by atoms with Gasteiger partial charge in [0.2, 0.25) is 5.89 Å². The van der Waals surface area contributed by atoms with E-state index >= 15 is 0 Å². The van der Waals surface area contributed by atoms with Crippen molar-refractivity contribution in [3.8, 4) is 0 Å². The van der Waals surface area contributed by atoms with Gasteiger partial charge in [-0.25, -0.2) is 0 Å². The summed E-state index contributed by atoms with van der Waals surface area (Å²) in [7, 11) is 0. The van der Waals surface area contributed by atoms with E-state index in [0.717, 1.165) is 31.8 Å². The van der Waals surface area contributed by atoms with Crippen molar-refractivity contribution >= 4 is 5.69 Å². The predicted molar refractivity (Wildman–Crippen MR) is 107 cm³/mol. The van der Waals surface area contributed by atoms with Gasteiger partial charge in [-0.3, -0.25) is 0 Å². The molecule has 0 aliphatic carbocycles. The fourth-order valence-electron chi connectivity index (χ4n) is 3.54. The highest BCUT2D eigenvalue weighted by molar-refractivity contribution is 5.47. The van der Waals surface area contributed by atoms with Gasteiger partial charge in [0, 0.05) is 31.2 Å². The van der Waals surface area contributed by atoms with Crippen LogP contribution in [0.1, 0.15) is 35.7 Å². The second-order valence-corrected chi connectivity index (χ2v) is 7.24. The van der Waals surface area contributed by atoms with Crippen LogP contribution in [0.25, 0.3) is 0 Å². The first kappa shape index (κ1) is 17.7. The Labute approximate surface area is 160 Å². The Bertz CT molecular complexity index is 836. The van der Waals surface area contributed by atoms with Gasteiger partial charge in [-0.1, -0.05) is 53.2 Å². The molecule has 1 N–H and O–H groups in total. The monoisotopic (exact) mass is 362 g/mol. The third-order valence-corrected chi connectivity index (χ3v) is 5.15. The highest BCUT2D eigenvalue weighted by atomic mass is 16.5. The fourth-order valence-corrected chi connectivity index (χ4v) is 3.54. The summed E-state index contributed by atoms with van der Waals surface area (Å²) in [5.41, 5.74) is 3.82. The lowest BCUT2D eigenvalue weighted by molar-refractivity contribution is 0.339. The van der Waals surface area contributed by atoms with E-state index in [1.165, 1.54) is 16.8 Å². The van der Waals surface area contributed by atoms with Gasteiger partial charge in [-0.05, 0) is 37.5 Å². The van der Waals surface area contributed by atoms with Crippen molar-refractivity contribution in [3.63, 3.8) is 0 Å². The third kappa shape index (κ3) is 4.74. The van der Waals surface area contributed by atoms with Crippen LogP contribution in [0, 0.1) is 6.92 Å². The van der Waals surface area contributed by atoms with E-state index in [9.17, 15) is 0 Å². The number of aromatic nitrogens is 2. The van der Waals surface area contributed by atoms with Crippen LogP contribution in [0.3, 0.4) is 0 Å². The Morgan fingerprint density at radius 2 is 1.78 bits per heavy atom. The van der Waals surface area contributed by atoms with Crippen LogP contribution in [0.15, 0.2) is 59.1 Å². The maximum atomic E-state index is 5.40. The van der Waals surface area contributed by atoms with E-state index in [4.69, 9.17) is 4.52 Å². The lowest BCUT2D eigenvalue weighted by atomic mass is 10.0. The molecule has 0 bridgehead atoms. The molecular weight excluding hydrogens is 336 g/mol. The van der Waals surface area contributed by atoms with E-state index in [0.29, 0.717) is 24.9 Å².